The first-order valence-electron chi connectivity index (χ1n) is 9.02. The Morgan fingerprint density at radius 1 is 1.07 bits per heavy atom. The monoisotopic (exact) mass is 393 g/mol. The average molecular weight is 393 g/mol. The molecule has 1 heterocycles. The van der Waals surface area contributed by atoms with Crippen LogP contribution in [0.4, 0.5) is 0 Å². The number of aromatic carboxylic acids is 1. The summed E-state index contributed by atoms with van der Waals surface area (Å²) in [5.74, 6) is -1.15. The third-order valence-corrected chi connectivity index (χ3v) is 5.67. The lowest BCUT2D eigenvalue weighted by atomic mass is 10.1. The van der Waals surface area contributed by atoms with Crippen molar-refractivity contribution in [2.45, 2.75) is 29.3 Å². The van der Waals surface area contributed by atoms with Gasteiger partial charge < -0.3 is 10.4 Å². The van der Waals surface area contributed by atoms with E-state index in [1.165, 1.54) is 18.0 Å². The van der Waals surface area contributed by atoms with Gasteiger partial charge in [0.25, 0.3) is 0 Å². The standard InChI is InChI=1S/C21H19N3O3S/c25-19(23-15-11-12-15)18(14-7-3-1-4-8-14)28-21-22-13-17(20(26)27)24(21)16-9-5-2-6-10-16/h1-10,13,15,18H,11-12H2,(H,23,25)(H,26,27)/t18-/m0/s1. The number of carbonyl (C=O) groups excluding carboxylic acids is 1. The van der Waals surface area contributed by atoms with Gasteiger partial charge >= 0.3 is 5.97 Å². The number of carbonyl (C=O) groups is 2. The topological polar surface area (TPSA) is 84.2 Å². The highest BCUT2D eigenvalue weighted by molar-refractivity contribution is 8.00. The fraction of sp³-hybridized carbons (Fsp3) is 0.190. The maximum Gasteiger partial charge on any atom is 0.354 e. The van der Waals surface area contributed by atoms with Crippen LogP contribution in [0.25, 0.3) is 5.69 Å². The highest BCUT2D eigenvalue weighted by atomic mass is 32.2. The highest BCUT2D eigenvalue weighted by Gasteiger charge is 2.31. The van der Waals surface area contributed by atoms with E-state index in [0.29, 0.717) is 10.8 Å². The zero-order chi connectivity index (χ0) is 19.5. The summed E-state index contributed by atoms with van der Waals surface area (Å²) in [6.45, 7) is 0. The van der Waals surface area contributed by atoms with Gasteiger partial charge in [-0.05, 0) is 30.5 Å². The number of carboxylic acids is 1. The van der Waals surface area contributed by atoms with E-state index in [-0.39, 0.29) is 17.6 Å². The van der Waals surface area contributed by atoms with Crippen molar-refractivity contribution in [1.29, 1.82) is 0 Å². The van der Waals surface area contributed by atoms with E-state index in [4.69, 9.17) is 0 Å². The fourth-order valence-corrected chi connectivity index (χ4v) is 4.01. The maximum atomic E-state index is 12.9. The second kappa shape index (κ2) is 7.90. The fourth-order valence-electron chi connectivity index (χ4n) is 2.91. The molecule has 1 aliphatic carbocycles. The third kappa shape index (κ3) is 3.94. The van der Waals surface area contributed by atoms with Crippen molar-refractivity contribution < 1.29 is 14.7 Å². The molecule has 1 saturated carbocycles. The Morgan fingerprint density at radius 3 is 2.32 bits per heavy atom. The minimum Gasteiger partial charge on any atom is -0.477 e. The zero-order valence-electron chi connectivity index (χ0n) is 15.0. The molecule has 0 radical (unpaired) electrons. The number of imidazole rings is 1. The summed E-state index contributed by atoms with van der Waals surface area (Å²) in [6, 6.07) is 18.9. The summed E-state index contributed by atoms with van der Waals surface area (Å²) in [5.41, 5.74) is 1.60. The van der Waals surface area contributed by atoms with Crippen molar-refractivity contribution >= 4 is 23.6 Å². The molecule has 4 rings (SSSR count). The Hall–Kier alpha value is -3.06. The highest BCUT2D eigenvalue weighted by Crippen LogP contribution is 2.37. The molecule has 0 aliphatic heterocycles. The molecule has 0 spiro atoms. The van der Waals surface area contributed by atoms with Gasteiger partial charge in [0, 0.05) is 11.7 Å². The summed E-state index contributed by atoms with van der Waals surface area (Å²) in [7, 11) is 0. The van der Waals surface area contributed by atoms with Crippen molar-refractivity contribution in [3.8, 4) is 5.69 Å². The number of nitrogens with one attached hydrogen (secondary N) is 1. The van der Waals surface area contributed by atoms with Gasteiger partial charge in [-0.2, -0.15) is 0 Å². The second-order valence-corrected chi connectivity index (χ2v) is 7.67. The summed E-state index contributed by atoms with van der Waals surface area (Å²) in [5, 5.41) is 12.6. The van der Waals surface area contributed by atoms with E-state index < -0.39 is 11.2 Å². The van der Waals surface area contributed by atoms with Crippen molar-refractivity contribution in [2.75, 3.05) is 0 Å². The van der Waals surface area contributed by atoms with Crippen LogP contribution in [-0.4, -0.2) is 32.6 Å². The quantitative estimate of drug-likeness (QED) is 0.598. The van der Waals surface area contributed by atoms with Crippen LogP contribution in [0.2, 0.25) is 0 Å². The van der Waals surface area contributed by atoms with Crippen LogP contribution in [-0.2, 0) is 4.79 Å². The van der Waals surface area contributed by atoms with Crippen LogP contribution in [0.1, 0.15) is 34.1 Å². The van der Waals surface area contributed by atoms with Crippen LogP contribution in [0.15, 0.2) is 72.0 Å². The van der Waals surface area contributed by atoms with Crippen molar-refractivity contribution in [1.82, 2.24) is 14.9 Å². The Bertz CT molecular complexity index is 985. The van der Waals surface area contributed by atoms with Gasteiger partial charge in [-0.15, -0.1) is 0 Å². The van der Waals surface area contributed by atoms with Crippen molar-refractivity contribution in [3.05, 3.63) is 78.1 Å². The smallest absolute Gasteiger partial charge is 0.354 e. The average Bonchev–Trinajstić information content (AvgIpc) is 3.42. The predicted molar refractivity (Wildman–Crippen MR) is 107 cm³/mol. The molecular formula is C21H19N3O3S. The molecule has 0 bridgehead atoms. The zero-order valence-corrected chi connectivity index (χ0v) is 15.8. The van der Waals surface area contributed by atoms with Gasteiger partial charge in [0.2, 0.25) is 5.91 Å². The minimum atomic E-state index is -1.07. The normalized spacial score (nSPS) is 14.4. The number of nitrogens with zero attached hydrogens (tertiary/aromatic N) is 2. The molecule has 1 fully saturated rings. The lowest BCUT2D eigenvalue weighted by Gasteiger charge is -2.18. The van der Waals surface area contributed by atoms with Gasteiger partial charge in [0.1, 0.15) is 5.25 Å². The number of aromatic nitrogens is 2. The van der Waals surface area contributed by atoms with Crippen LogP contribution < -0.4 is 5.32 Å². The van der Waals surface area contributed by atoms with E-state index in [0.717, 1.165) is 18.4 Å². The second-order valence-electron chi connectivity index (χ2n) is 6.59. The molecule has 1 atom stereocenters. The van der Waals surface area contributed by atoms with E-state index in [2.05, 4.69) is 10.3 Å². The number of para-hydroxylation sites is 1. The van der Waals surface area contributed by atoms with Gasteiger partial charge in [-0.25, -0.2) is 9.78 Å². The number of carboxylic acid groups (broad SMARTS) is 1. The molecule has 2 N–H and O–H groups in total. The van der Waals surface area contributed by atoms with E-state index >= 15 is 0 Å². The molecule has 1 aliphatic rings. The van der Waals surface area contributed by atoms with E-state index in [1.54, 1.807) is 4.57 Å². The number of hydrogen-bond acceptors (Lipinski definition) is 4. The maximum absolute atomic E-state index is 12.9. The van der Waals surface area contributed by atoms with Crippen LogP contribution in [0, 0.1) is 0 Å². The largest absolute Gasteiger partial charge is 0.477 e. The lowest BCUT2D eigenvalue weighted by molar-refractivity contribution is -0.120. The first-order valence-corrected chi connectivity index (χ1v) is 9.90. The first-order chi connectivity index (χ1) is 13.6. The van der Waals surface area contributed by atoms with Crippen molar-refractivity contribution in [2.24, 2.45) is 0 Å². The molecular weight excluding hydrogens is 374 g/mol. The molecule has 3 aromatic rings. The minimum absolute atomic E-state index is 0.0584. The van der Waals surface area contributed by atoms with Crippen LogP contribution >= 0.6 is 11.8 Å². The molecule has 142 valence electrons. The summed E-state index contributed by atoms with van der Waals surface area (Å²) in [6.07, 6.45) is 3.33. The Kier molecular flexibility index (Phi) is 5.16. The van der Waals surface area contributed by atoms with E-state index in [9.17, 15) is 14.7 Å². The van der Waals surface area contributed by atoms with Gasteiger partial charge in [0.05, 0.1) is 6.20 Å². The molecule has 1 amide bonds. The first kappa shape index (κ1) is 18.3. The molecule has 7 heteroatoms. The molecule has 0 saturated heterocycles. The number of rotatable bonds is 7. The molecule has 1 aromatic heterocycles. The number of benzene rings is 2. The van der Waals surface area contributed by atoms with Crippen molar-refractivity contribution in [3.63, 3.8) is 0 Å². The van der Waals surface area contributed by atoms with Crippen LogP contribution in [0.3, 0.4) is 0 Å². The summed E-state index contributed by atoms with van der Waals surface area (Å²) < 4.78 is 1.58. The third-order valence-electron chi connectivity index (χ3n) is 4.45. The SMILES string of the molecule is O=C(O)c1cnc(S[C@H](C(=O)NC2CC2)c2ccccc2)n1-c1ccccc1. The van der Waals surface area contributed by atoms with E-state index in [1.807, 2.05) is 60.7 Å². The Morgan fingerprint density at radius 2 is 1.71 bits per heavy atom. The number of thioether (sulfide) groups is 1. The van der Waals surface area contributed by atoms with Crippen LogP contribution in [0.5, 0.6) is 0 Å². The van der Waals surface area contributed by atoms with Gasteiger partial charge in [-0.3, -0.25) is 9.36 Å². The Labute approximate surface area is 166 Å². The molecule has 2 aromatic carbocycles. The molecule has 6 nitrogen and oxygen atoms in total. The molecule has 28 heavy (non-hydrogen) atoms. The van der Waals surface area contributed by atoms with Gasteiger partial charge in [0.15, 0.2) is 10.9 Å². The van der Waals surface area contributed by atoms with Gasteiger partial charge in [-0.1, -0.05) is 60.3 Å². The summed E-state index contributed by atoms with van der Waals surface area (Å²) in [4.78, 5) is 28.9. The summed E-state index contributed by atoms with van der Waals surface area (Å²) >= 11 is 1.26. The predicted octanol–water partition coefficient (Wildman–Crippen LogP) is 3.68. The number of amides is 1. The Balaban J connectivity index is 1.72. The number of hydrogen-bond donors (Lipinski definition) is 2. The molecule has 0 unspecified atom stereocenters. The lowest BCUT2D eigenvalue weighted by Crippen LogP contribution is -2.30.